The van der Waals surface area contributed by atoms with Crippen molar-refractivity contribution in [1.29, 1.82) is 5.26 Å². The van der Waals surface area contributed by atoms with Gasteiger partial charge in [0.1, 0.15) is 0 Å². The van der Waals surface area contributed by atoms with Gasteiger partial charge in [-0.1, -0.05) is 13.8 Å². The predicted octanol–water partition coefficient (Wildman–Crippen LogP) is 1.40. The van der Waals surface area contributed by atoms with Crippen molar-refractivity contribution in [3.63, 3.8) is 0 Å². The van der Waals surface area contributed by atoms with E-state index in [2.05, 4.69) is 4.72 Å². The van der Waals surface area contributed by atoms with Gasteiger partial charge in [0, 0.05) is 25.0 Å². The van der Waals surface area contributed by atoms with Gasteiger partial charge in [0.05, 0.1) is 28.2 Å². The third-order valence-corrected chi connectivity index (χ3v) is 6.16. The highest BCUT2D eigenvalue weighted by Crippen LogP contribution is 2.51. The van der Waals surface area contributed by atoms with Crippen LogP contribution < -0.4 is 4.72 Å². The highest BCUT2D eigenvalue weighted by Gasteiger charge is 2.60. The van der Waals surface area contributed by atoms with Crippen molar-refractivity contribution >= 4 is 10.0 Å². The van der Waals surface area contributed by atoms with E-state index in [-0.39, 0.29) is 17.5 Å². The summed E-state index contributed by atoms with van der Waals surface area (Å²) in [5.41, 5.74) is -1.29. The van der Waals surface area contributed by atoms with Gasteiger partial charge in [0.15, 0.2) is 0 Å². The number of benzene rings is 1. The van der Waals surface area contributed by atoms with Crippen LogP contribution in [0.1, 0.15) is 32.8 Å². The number of sulfonamides is 1. The number of hydrogen-bond acceptors (Lipinski definition) is 5. The topological polar surface area (TPSA) is 99.4 Å². The van der Waals surface area contributed by atoms with Crippen molar-refractivity contribution in [2.45, 2.75) is 43.8 Å². The van der Waals surface area contributed by atoms with E-state index >= 15 is 0 Å². The molecule has 0 amide bonds. The molecular weight excluding hydrogens is 316 g/mol. The summed E-state index contributed by atoms with van der Waals surface area (Å²) in [4.78, 5) is 0.0681. The molecule has 1 saturated carbocycles. The summed E-state index contributed by atoms with van der Waals surface area (Å²) in [7, 11) is -3.73. The van der Waals surface area contributed by atoms with Crippen LogP contribution in [0.15, 0.2) is 29.2 Å². The van der Waals surface area contributed by atoms with Crippen LogP contribution in [0.2, 0.25) is 0 Å². The Morgan fingerprint density at radius 2 is 2.00 bits per heavy atom. The van der Waals surface area contributed by atoms with Crippen molar-refractivity contribution in [2.24, 2.45) is 5.41 Å². The van der Waals surface area contributed by atoms with Crippen LogP contribution in [0.3, 0.4) is 0 Å². The van der Waals surface area contributed by atoms with Crippen LogP contribution in [-0.2, 0) is 14.8 Å². The zero-order chi connectivity index (χ0) is 17.3. The maximum atomic E-state index is 12.3. The molecule has 1 aromatic carbocycles. The average Bonchev–Trinajstić information content (AvgIpc) is 2.53. The lowest BCUT2D eigenvalue weighted by Crippen LogP contribution is -2.68. The van der Waals surface area contributed by atoms with Crippen LogP contribution in [0.5, 0.6) is 0 Å². The molecule has 0 aliphatic heterocycles. The third kappa shape index (κ3) is 3.26. The number of rotatable bonds is 6. The average molecular weight is 338 g/mol. The molecule has 23 heavy (non-hydrogen) atoms. The van der Waals surface area contributed by atoms with Gasteiger partial charge in [-0.2, -0.15) is 5.26 Å². The first-order valence-electron chi connectivity index (χ1n) is 7.50. The Bertz CT molecular complexity index is 707. The lowest BCUT2D eigenvalue weighted by Gasteiger charge is -2.57. The Hall–Kier alpha value is -1.46. The van der Waals surface area contributed by atoms with Gasteiger partial charge in [0.2, 0.25) is 10.0 Å². The number of nitrogens with zero attached hydrogens (tertiary/aromatic N) is 1. The van der Waals surface area contributed by atoms with Crippen LogP contribution in [0, 0.1) is 16.7 Å². The number of nitriles is 1. The molecule has 1 fully saturated rings. The third-order valence-electron chi connectivity index (χ3n) is 4.74. The van der Waals surface area contributed by atoms with E-state index in [0.29, 0.717) is 18.6 Å². The second-order valence-electron chi connectivity index (χ2n) is 6.36. The quantitative estimate of drug-likeness (QED) is 0.817. The Morgan fingerprint density at radius 1 is 1.39 bits per heavy atom. The first-order chi connectivity index (χ1) is 10.7. The monoisotopic (exact) mass is 338 g/mol. The molecular formula is C16H22N2O4S. The Morgan fingerprint density at radius 3 is 2.48 bits per heavy atom. The molecule has 2 rings (SSSR count). The normalized spacial score (nSPS) is 26.3. The molecule has 1 aliphatic carbocycles. The summed E-state index contributed by atoms with van der Waals surface area (Å²) in [5.74, 6) is 0. The fraction of sp³-hybridized carbons (Fsp3) is 0.562. The Balaban J connectivity index is 2.06. The minimum atomic E-state index is -3.73. The number of nitrogens with one attached hydrogen (secondary N) is 1. The summed E-state index contributed by atoms with van der Waals surface area (Å²) in [6, 6.07) is 7.58. The highest BCUT2D eigenvalue weighted by atomic mass is 32.2. The second-order valence-corrected chi connectivity index (χ2v) is 8.13. The zero-order valence-corrected chi connectivity index (χ0v) is 14.4. The fourth-order valence-corrected chi connectivity index (χ4v) is 3.86. The molecule has 2 unspecified atom stereocenters. The molecule has 126 valence electrons. The summed E-state index contributed by atoms with van der Waals surface area (Å²) in [5, 5.41) is 19.4. The maximum absolute atomic E-state index is 12.3. The fourth-order valence-electron chi connectivity index (χ4n) is 2.77. The minimum absolute atomic E-state index is 0.0681. The van der Waals surface area contributed by atoms with Gasteiger partial charge in [-0.3, -0.25) is 0 Å². The first kappa shape index (κ1) is 17.9. The molecule has 0 heterocycles. The van der Waals surface area contributed by atoms with Crippen molar-refractivity contribution in [3.05, 3.63) is 29.8 Å². The van der Waals surface area contributed by atoms with Crippen LogP contribution in [0.4, 0.5) is 0 Å². The molecule has 0 spiro atoms. The first-order valence-corrected chi connectivity index (χ1v) is 8.98. The molecule has 7 heteroatoms. The highest BCUT2D eigenvalue weighted by molar-refractivity contribution is 7.89. The van der Waals surface area contributed by atoms with E-state index in [1.54, 1.807) is 0 Å². The van der Waals surface area contributed by atoms with E-state index in [4.69, 9.17) is 10.00 Å². The number of hydrogen-bond donors (Lipinski definition) is 2. The van der Waals surface area contributed by atoms with Crippen LogP contribution in [-0.4, -0.2) is 38.4 Å². The predicted molar refractivity (Wildman–Crippen MR) is 85.1 cm³/mol. The van der Waals surface area contributed by atoms with Crippen molar-refractivity contribution < 1.29 is 18.3 Å². The van der Waals surface area contributed by atoms with Gasteiger partial charge in [0.25, 0.3) is 0 Å². The van der Waals surface area contributed by atoms with Crippen LogP contribution in [0.25, 0.3) is 0 Å². The van der Waals surface area contributed by atoms with E-state index in [0.717, 1.165) is 0 Å². The summed E-state index contributed by atoms with van der Waals surface area (Å²) in [6.45, 7) is 6.10. The van der Waals surface area contributed by atoms with E-state index < -0.39 is 21.0 Å². The smallest absolute Gasteiger partial charge is 0.240 e. The summed E-state index contributed by atoms with van der Waals surface area (Å²) >= 11 is 0. The van der Waals surface area contributed by atoms with Gasteiger partial charge in [-0.25, -0.2) is 13.1 Å². The standard InChI is InChI=1S/C16H22N2O4S/c1-4-22-14-9-16(19,15(14,2)3)11-18-23(20,21)13-7-5-12(10-17)6-8-13/h5-8,14,18-19H,4,9,11H2,1-3H3. The lowest BCUT2D eigenvalue weighted by molar-refractivity contribution is -0.236. The van der Waals surface area contributed by atoms with E-state index in [1.165, 1.54) is 24.3 Å². The van der Waals surface area contributed by atoms with Crippen molar-refractivity contribution in [1.82, 2.24) is 4.72 Å². The van der Waals surface area contributed by atoms with E-state index in [9.17, 15) is 13.5 Å². The summed E-state index contributed by atoms with van der Waals surface area (Å²) < 4.78 is 32.6. The van der Waals surface area contributed by atoms with Crippen LogP contribution >= 0.6 is 0 Å². The largest absolute Gasteiger partial charge is 0.388 e. The van der Waals surface area contributed by atoms with E-state index in [1.807, 2.05) is 26.8 Å². The van der Waals surface area contributed by atoms with Gasteiger partial charge in [-0.05, 0) is 31.2 Å². The molecule has 1 aliphatic rings. The molecule has 0 bridgehead atoms. The van der Waals surface area contributed by atoms with Gasteiger partial charge in [-0.15, -0.1) is 0 Å². The molecule has 6 nitrogen and oxygen atoms in total. The molecule has 0 radical (unpaired) electrons. The Labute approximate surface area is 137 Å². The molecule has 0 aromatic heterocycles. The van der Waals surface area contributed by atoms with Gasteiger partial charge < -0.3 is 9.84 Å². The van der Waals surface area contributed by atoms with Crippen molar-refractivity contribution in [3.8, 4) is 6.07 Å². The zero-order valence-electron chi connectivity index (χ0n) is 13.5. The molecule has 2 N–H and O–H groups in total. The number of ether oxygens (including phenoxy) is 1. The van der Waals surface area contributed by atoms with Gasteiger partial charge >= 0.3 is 0 Å². The van der Waals surface area contributed by atoms with Crippen molar-refractivity contribution in [2.75, 3.05) is 13.2 Å². The summed E-state index contributed by atoms with van der Waals surface area (Å²) in [6.07, 6.45) is 0.306. The second kappa shape index (κ2) is 6.21. The molecule has 2 atom stereocenters. The minimum Gasteiger partial charge on any atom is -0.388 e. The lowest BCUT2D eigenvalue weighted by atomic mass is 9.56. The maximum Gasteiger partial charge on any atom is 0.240 e. The number of aliphatic hydroxyl groups is 1. The SMILES string of the molecule is CCOC1CC(O)(CNS(=O)(=O)c2ccc(C#N)cc2)C1(C)C. The molecule has 1 aromatic rings. The molecule has 0 saturated heterocycles. The Kier molecular flexibility index (Phi) is 4.83.